The van der Waals surface area contributed by atoms with E-state index < -0.39 is 28.9 Å². The van der Waals surface area contributed by atoms with Crippen LogP contribution in [0, 0.1) is 17.0 Å². The molecule has 140 valence electrons. The van der Waals surface area contributed by atoms with Gasteiger partial charge in [0.15, 0.2) is 6.10 Å². The smallest absolute Gasteiger partial charge is 0.339 e. The fourth-order valence-corrected chi connectivity index (χ4v) is 2.72. The lowest BCUT2D eigenvalue weighted by Gasteiger charge is -2.15. The van der Waals surface area contributed by atoms with Crippen LogP contribution in [-0.2, 0) is 9.53 Å². The van der Waals surface area contributed by atoms with Crippen LogP contribution in [0.3, 0.4) is 0 Å². The van der Waals surface area contributed by atoms with Gasteiger partial charge in [-0.25, -0.2) is 9.59 Å². The molecule has 0 aliphatic heterocycles. The number of amides is 3. The zero-order valence-electron chi connectivity index (χ0n) is 14.6. The maximum absolute atomic E-state index is 12.1. The van der Waals surface area contributed by atoms with Gasteiger partial charge in [0.2, 0.25) is 0 Å². The van der Waals surface area contributed by atoms with Crippen LogP contribution in [0.4, 0.5) is 10.5 Å². The van der Waals surface area contributed by atoms with E-state index in [0.717, 1.165) is 31.7 Å². The number of nitro benzene ring substituents is 1. The van der Waals surface area contributed by atoms with Crippen LogP contribution in [0.2, 0.25) is 0 Å². The van der Waals surface area contributed by atoms with Crippen LogP contribution in [0.25, 0.3) is 0 Å². The SMILES string of the molecule is Cc1ccc(C(=O)O[C@H](C)C(=O)NC(=O)NC2CCCC2)cc1[N+](=O)[O-]. The van der Waals surface area contributed by atoms with Crippen molar-refractivity contribution in [2.24, 2.45) is 0 Å². The number of nitrogens with one attached hydrogen (secondary N) is 2. The van der Waals surface area contributed by atoms with Gasteiger partial charge in [-0.15, -0.1) is 0 Å². The zero-order valence-corrected chi connectivity index (χ0v) is 14.6. The summed E-state index contributed by atoms with van der Waals surface area (Å²) in [4.78, 5) is 46.2. The van der Waals surface area contributed by atoms with E-state index >= 15 is 0 Å². The van der Waals surface area contributed by atoms with Gasteiger partial charge in [0.1, 0.15) is 0 Å². The van der Waals surface area contributed by atoms with Crippen LogP contribution in [-0.4, -0.2) is 35.0 Å². The maximum Gasteiger partial charge on any atom is 0.339 e. The highest BCUT2D eigenvalue weighted by Gasteiger charge is 2.24. The Balaban J connectivity index is 1.91. The molecule has 1 fully saturated rings. The number of rotatable bonds is 5. The molecule has 1 aliphatic rings. The third-order valence-electron chi connectivity index (χ3n) is 4.22. The number of nitro groups is 1. The van der Waals surface area contributed by atoms with Gasteiger partial charge in [-0.1, -0.05) is 18.9 Å². The fourth-order valence-electron chi connectivity index (χ4n) is 2.72. The molecule has 9 heteroatoms. The number of nitrogens with zero attached hydrogens (tertiary/aromatic N) is 1. The quantitative estimate of drug-likeness (QED) is 0.469. The van der Waals surface area contributed by atoms with Crippen molar-refractivity contribution in [3.63, 3.8) is 0 Å². The van der Waals surface area contributed by atoms with Crippen LogP contribution in [0.5, 0.6) is 0 Å². The lowest BCUT2D eigenvalue weighted by atomic mass is 10.1. The van der Waals surface area contributed by atoms with Crippen molar-refractivity contribution >= 4 is 23.6 Å². The molecular formula is C17H21N3O6. The van der Waals surface area contributed by atoms with E-state index in [1.807, 2.05) is 0 Å². The van der Waals surface area contributed by atoms with E-state index in [1.165, 1.54) is 19.1 Å². The first-order valence-corrected chi connectivity index (χ1v) is 8.35. The number of hydrogen-bond acceptors (Lipinski definition) is 6. The number of esters is 1. The molecular weight excluding hydrogens is 342 g/mol. The summed E-state index contributed by atoms with van der Waals surface area (Å²) in [6, 6.07) is 3.32. The van der Waals surface area contributed by atoms with Crippen LogP contribution in [0.1, 0.15) is 48.5 Å². The molecule has 9 nitrogen and oxygen atoms in total. The van der Waals surface area contributed by atoms with Crippen molar-refractivity contribution in [3.8, 4) is 0 Å². The number of aryl methyl sites for hydroxylation is 1. The van der Waals surface area contributed by atoms with Crippen LogP contribution in [0.15, 0.2) is 18.2 Å². The normalized spacial score (nSPS) is 15.2. The van der Waals surface area contributed by atoms with Crippen LogP contribution < -0.4 is 10.6 Å². The van der Waals surface area contributed by atoms with Crippen molar-refractivity contribution in [2.75, 3.05) is 0 Å². The predicted molar refractivity (Wildman–Crippen MR) is 91.6 cm³/mol. The second-order valence-corrected chi connectivity index (χ2v) is 6.25. The Hall–Kier alpha value is -2.97. The third kappa shape index (κ3) is 5.01. The standard InChI is InChI=1S/C17H21N3O6/c1-10-7-8-12(9-14(10)20(24)25)16(22)26-11(2)15(21)19-17(23)18-13-5-3-4-6-13/h7-9,11,13H,3-6H2,1-2H3,(H2,18,19,21,23)/t11-/m1/s1. The molecule has 0 bridgehead atoms. The first-order valence-electron chi connectivity index (χ1n) is 8.35. The number of benzene rings is 1. The number of carbonyl (C=O) groups excluding carboxylic acids is 3. The molecule has 1 atom stereocenters. The fraction of sp³-hybridized carbons (Fsp3) is 0.471. The molecule has 0 radical (unpaired) electrons. The van der Waals surface area contributed by atoms with Crippen molar-refractivity contribution in [3.05, 3.63) is 39.4 Å². The lowest BCUT2D eigenvalue weighted by molar-refractivity contribution is -0.385. The summed E-state index contributed by atoms with van der Waals surface area (Å²) in [5.41, 5.74) is 0.144. The van der Waals surface area contributed by atoms with Gasteiger partial charge < -0.3 is 10.1 Å². The summed E-state index contributed by atoms with van der Waals surface area (Å²) in [5.74, 6) is -1.65. The van der Waals surface area contributed by atoms with E-state index in [1.54, 1.807) is 6.92 Å². The topological polar surface area (TPSA) is 128 Å². The average molecular weight is 363 g/mol. The minimum atomic E-state index is -1.22. The average Bonchev–Trinajstić information content (AvgIpc) is 3.07. The van der Waals surface area contributed by atoms with Crippen molar-refractivity contribution < 1.29 is 24.0 Å². The van der Waals surface area contributed by atoms with Gasteiger partial charge in [0, 0.05) is 17.7 Å². The number of ether oxygens (including phenoxy) is 1. The van der Waals surface area contributed by atoms with Crippen molar-refractivity contribution in [1.29, 1.82) is 0 Å². The van der Waals surface area contributed by atoms with Gasteiger partial charge in [0.25, 0.3) is 11.6 Å². The van der Waals surface area contributed by atoms with E-state index in [-0.39, 0.29) is 17.3 Å². The van der Waals surface area contributed by atoms with E-state index in [9.17, 15) is 24.5 Å². The molecule has 2 rings (SSSR count). The molecule has 1 aromatic carbocycles. The summed E-state index contributed by atoms with van der Waals surface area (Å²) in [6.07, 6.45) is 2.60. The third-order valence-corrected chi connectivity index (χ3v) is 4.22. The molecule has 0 unspecified atom stereocenters. The Labute approximate surface area is 150 Å². The van der Waals surface area contributed by atoms with E-state index in [4.69, 9.17) is 4.74 Å². The highest BCUT2D eigenvalue weighted by Crippen LogP contribution is 2.20. The molecule has 1 saturated carbocycles. The highest BCUT2D eigenvalue weighted by molar-refractivity contribution is 5.98. The molecule has 26 heavy (non-hydrogen) atoms. The maximum atomic E-state index is 12.1. The number of carbonyl (C=O) groups is 3. The summed E-state index contributed by atoms with van der Waals surface area (Å²) in [7, 11) is 0. The lowest BCUT2D eigenvalue weighted by Crippen LogP contribution is -2.47. The second kappa shape index (κ2) is 8.41. The minimum Gasteiger partial charge on any atom is -0.449 e. The zero-order chi connectivity index (χ0) is 19.3. The Kier molecular flexibility index (Phi) is 6.26. The van der Waals surface area contributed by atoms with Crippen LogP contribution >= 0.6 is 0 Å². The first kappa shape index (κ1) is 19.4. The summed E-state index contributed by atoms with van der Waals surface area (Å²) >= 11 is 0. The predicted octanol–water partition coefficient (Wildman–Crippen LogP) is 2.22. The van der Waals surface area contributed by atoms with Gasteiger partial charge in [-0.05, 0) is 32.8 Å². The first-order chi connectivity index (χ1) is 12.3. The summed E-state index contributed by atoms with van der Waals surface area (Å²) in [6.45, 7) is 2.87. The molecule has 0 saturated heterocycles. The number of imide groups is 1. The number of urea groups is 1. The molecule has 0 aromatic heterocycles. The summed E-state index contributed by atoms with van der Waals surface area (Å²) in [5, 5.41) is 15.8. The molecule has 0 spiro atoms. The van der Waals surface area contributed by atoms with Gasteiger partial charge >= 0.3 is 12.0 Å². The van der Waals surface area contributed by atoms with E-state index in [2.05, 4.69) is 10.6 Å². The Morgan fingerprint density at radius 1 is 1.27 bits per heavy atom. The van der Waals surface area contributed by atoms with Gasteiger partial charge in [-0.3, -0.25) is 20.2 Å². The monoisotopic (exact) mass is 363 g/mol. The van der Waals surface area contributed by atoms with Gasteiger partial charge in [-0.2, -0.15) is 0 Å². The van der Waals surface area contributed by atoms with Gasteiger partial charge in [0.05, 0.1) is 10.5 Å². The highest BCUT2D eigenvalue weighted by atomic mass is 16.6. The largest absolute Gasteiger partial charge is 0.449 e. The number of hydrogen-bond donors (Lipinski definition) is 2. The summed E-state index contributed by atoms with van der Waals surface area (Å²) < 4.78 is 4.99. The molecule has 1 aliphatic carbocycles. The molecule has 3 amide bonds. The molecule has 1 aromatic rings. The Bertz CT molecular complexity index is 727. The minimum absolute atomic E-state index is 0.0441. The van der Waals surface area contributed by atoms with E-state index in [0.29, 0.717) is 5.56 Å². The molecule has 0 heterocycles. The Morgan fingerprint density at radius 3 is 2.54 bits per heavy atom. The van der Waals surface area contributed by atoms with Crippen molar-refractivity contribution in [1.82, 2.24) is 10.6 Å². The Morgan fingerprint density at radius 2 is 1.92 bits per heavy atom. The van der Waals surface area contributed by atoms with Crippen molar-refractivity contribution in [2.45, 2.75) is 51.7 Å². The second-order valence-electron chi connectivity index (χ2n) is 6.25. The molecule has 2 N–H and O–H groups in total.